The lowest BCUT2D eigenvalue weighted by molar-refractivity contribution is -0.318. The third kappa shape index (κ3) is 5.74. The van der Waals surface area contributed by atoms with E-state index in [4.69, 9.17) is 28.1 Å². The molecule has 10 atom stereocenters. The first-order chi connectivity index (χ1) is 20.8. The largest absolute Gasteiger partial charge is 0.507 e. The highest BCUT2D eigenvalue weighted by Gasteiger charge is 2.47. The number of hydrogen-bond acceptors (Lipinski definition) is 16. The van der Waals surface area contributed by atoms with Gasteiger partial charge in [-0.05, 0) is 25.1 Å². The normalized spacial score (nSPS) is 32.5. The van der Waals surface area contributed by atoms with E-state index < -0.39 is 90.3 Å². The Morgan fingerprint density at radius 3 is 2.16 bits per heavy atom. The van der Waals surface area contributed by atoms with Gasteiger partial charge in [0.25, 0.3) is 0 Å². The topological polar surface area (TPSA) is 258 Å². The average Bonchev–Trinajstić information content (AvgIpc) is 2.99. The first-order valence-corrected chi connectivity index (χ1v) is 13.4. The minimum Gasteiger partial charge on any atom is -0.507 e. The second-order valence-corrected chi connectivity index (χ2v) is 10.5. The maximum absolute atomic E-state index is 12.9. The second kappa shape index (κ2) is 12.4. The van der Waals surface area contributed by atoms with Crippen molar-refractivity contribution in [1.29, 1.82) is 0 Å². The molecule has 0 amide bonds. The molecule has 2 aliphatic heterocycles. The van der Waals surface area contributed by atoms with Crippen molar-refractivity contribution in [2.45, 2.75) is 68.3 Å². The molecule has 0 saturated carbocycles. The molecule has 2 saturated heterocycles. The van der Waals surface area contributed by atoms with Crippen LogP contribution >= 0.6 is 0 Å². The van der Waals surface area contributed by atoms with E-state index in [1.807, 2.05) is 0 Å². The van der Waals surface area contributed by atoms with Crippen LogP contribution in [0.2, 0.25) is 0 Å². The number of phenolic OH excluding ortho intramolecular Hbond substituents is 2. The van der Waals surface area contributed by atoms with E-state index in [1.165, 1.54) is 32.2 Å². The van der Waals surface area contributed by atoms with Crippen molar-refractivity contribution in [3.8, 4) is 40.1 Å². The average molecular weight is 625 g/mol. The van der Waals surface area contributed by atoms with E-state index in [0.717, 1.165) is 12.1 Å². The van der Waals surface area contributed by atoms with E-state index >= 15 is 0 Å². The number of phenols is 2. The molecule has 0 bridgehead atoms. The van der Waals surface area contributed by atoms with Crippen LogP contribution in [-0.2, 0) is 14.2 Å². The summed E-state index contributed by atoms with van der Waals surface area (Å²) in [5.41, 5.74) is -1.17. The summed E-state index contributed by atoms with van der Waals surface area (Å²) in [6.07, 6.45) is -15.3. The smallest absolute Gasteiger partial charge is 0.238 e. The number of ether oxygens (including phenoxy) is 5. The van der Waals surface area contributed by atoms with Gasteiger partial charge in [0.1, 0.15) is 65.2 Å². The van der Waals surface area contributed by atoms with Crippen molar-refractivity contribution >= 4 is 11.0 Å². The molecule has 0 unspecified atom stereocenters. The van der Waals surface area contributed by atoms with Gasteiger partial charge in [0.15, 0.2) is 23.5 Å². The number of benzene rings is 2. The molecule has 240 valence electrons. The lowest BCUT2D eigenvalue weighted by atomic mass is 9.98. The number of aliphatic hydroxyl groups is 6. The molecule has 2 aliphatic rings. The fourth-order valence-electron chi connectivity index (χ4n) is 4.99. The van der Waals surface area contributed by atoms with E-state index in [9.17, 15) is 50.8 Å². The van der Waals surface area contributed by atoms with Crippen molar-refractivity contribution in [2.24, 2.45) is 0 Å². The summed E-state index contributed by atoms with van der Waals surface area (Å²) in [5.74, 6) is -2.27. The predicted molar refractivity (Wildman–Crippen MR) is 145 cm³/mol. The number of aliphatic hydroxyl groups excluding tert-OH is 6. The maximum Gasteiger partial charge on any atom is 0.238 e. The summed E-state index contributed by atoms with van der Waals surface area (Å²) in [6, 6.07) is 6.08. The SMILES string of the molecule is COc1ccc(-c2oc3cc(O[C@H]4O[C@H](CO[C@H]5O[C@@H](C)[C@@H](O)[C@@H](O)[C@H]5O)[C@@H](O)[C@H](O)[C@H]4O)cc(O)c3c(=O)c2O)cc1O. The molecular weight excluding hydrogens is 592 g/mol. The summed E-state index contributed by atoms with van der Waals surface area (Å²) >= 11 is 0. The van der Waals surface area contributed by atoms with Gasteiger partial charge in [-0.3, -0.25) is 4.79 Å². The Morgan fingerprint density at radius 2 is 1.48 bits per heavy atom. The fraction of sp³-hybridized carbons (Fsp3) is 0.464. The van der Waals surface area contributed by atoms with Crippen LogP contribution in [0.4, 0.5) is 0 Å². The van der Waals surface area contributed by atoms with Gasteiger partial charge in [-0.1, -0.05) is 0 Å². The number of rotatable bonds is 7. The van der Waals surface area contributed by atoms with Gasteiger partial charge in [-0.25, -0.2) is 0 Å². The van der Waals surface area contributed by atoms with Crippen molar-refractivity contribution in [3.05, 3.63) is 40.6 Å². The first kappa shape index (κ1) is 31.7. The number of fused-ring (bicyclic) bond motifs is 1. The molecule has 1 aromatic heterocycles. The molecule has 44 heavy (non-hydrogen) atoms. The molecule has 3 aromatic rings. The fourth-order valence-corrected chi connectivity index (χ4v) is 4.99. The zero-order valence-corrected chi connectivity index (χ0v) is 23.3. The van der Waals surface area contributed by atoms with Crippen LogP contribution in [0.5, 0.6) is 28.7 Å². The van der Waals surface area contributed by atoms with Crippen LogP contribution in [0.25, 0.3) is 22.3 Å². The molecule has 2 aromatic carbocycles. The molecule has 9 N–H and O–H groups in total. The molecule has 0 aliphatic carbocycles. The molecule has 16 nitrogen and oxygen atoms in total. The summed E-state index contributed by atoms with van der Waals surface area (Å²) in [7, 11) is 1.34. The van der Waals surface area contributed by atoms with Crippen molar-refractivity contribution in [1.82, 2.24) is 0 Å². The van der Waals surface area contributed by atoms with E-state index in [2.05, 4.69) is 0 Å². The number of aromatic hydroxyl groups is 3. The minimum absolute atomic E-state index is 0.0973. The summed E-state index contributed by atoms with van der Waals surface area (Å²) in [6.45, 7) is 0.912. The third-order valence-corrected chi connectivity index (χ3v) is 7.52. The monoisotopic (exact) mass is 624 g/mol. The zero-order chi connectivity index (χ0) is 32.0. The highest BCUT2D eigenvalue weighted by Crippen LogP contribution is 2.39. The van der Waals surface area contributed by atoms with Crippen LogP contribution in [0.1, 0.15) is 6.92 Å². The van der Waals surface area contributed by atoms with Crippen LogP contribution in [0, 0.1) is 0 Å². The van der Waals surface area contributed by atoms with Crippen molar-refractivity contribution in [3.63, 3.8) is 0 Å². The first-order valence-electron chi connectivity index (χ1n) is 13.4. The predicted octanol–water partition coefficient (Wildman–Crippen LogP) is -1.38. The van der Waals surface area contributed by atoms with Gasteiger partial charge in [0, 0.05) is 17.7 Å². The van der Waals surface area contributed by atoms with Gasteiger partial charge >= 0.3 is 0 Å². The Balaban J connectivity index is 1.39. The zero-order valence-electron chi connectivity index (χ0n) is 23.3. The van der Waals surface area contributed by atoms with Crippen LogP contribution in [0.15, 0.2) is 39.5 Å². The van der Waals surface area contributed by atoms with E-state index in [1.54, 1.807) is 0 Å². The third-order valence-electron chi connectivity index (χ3n) is 7.52. The van der Waals surface area contributed by atoms with Crippen LogP contribution in [-0.4, -0.2) is 121 Å². The van der Waals surface area contributed by atoms with Crippen molar-refractivity contribution in [2.75, 3.05) is 13.7 Å². The summed E-state index contributed by atoms with van der Waals surface area (Å²) in [5, 5.41) is 92.3. The van der Waals surface area contributed by atoms with Crippen molar-refractivity contribution < 1.29 is 74.1 Å². The summed E-state index contributed by atoms with van der Waals surface area (Å²) < 4.78 is 32.7. The second-order valence-electron chi connectivity index (χ2n) is 10.5. The lowest BCUT2D eigenvalue weighted by Crippen LogP contribution is -2.61. The molecule has 0 spiro atoms. The van der Waals surface area contributed by atoms with Gasteiger partial charge in [-0.15, -0.1) is 0 Å². The Bertz CT molecular complexity index is 1560. The Labute approximate surface area is 248 Å². The molecule has 2 fully saturated rings. The van der Waals surface area contributed by atoms with E-state index in [-0.39, 0.29) is 34.2 Å². The molecule has 3 heterocycles. The summed E-state index contributed by atoms with van der Waals surface area (Å²) in [4.78, 5) is 12.9. The molecule has 5 rings (SSSR count). The highest BCUT2D eigenvalue weighted by molar-refractivity contribution is 5.88. The van der Waals surface area contributed by atoms with Gasteiger partial charge in [-0.2, -0.15) is 0 Å². The van der Waals surface area contributed by atoms with Gasteiger partial charge in [0.2, 0.25) is 17.5 Å². The Kier molecular flexibility index (Phi) is 8.90. The molecule has 16 heteroatoms. The minimum atomic E-state index is -1.82. The van der Waals surface area contributed by atoms with Gasteiger partial charge < -0.3 is 74.1 Å². The standard InChI is InChI=1S/C28H32O16/c1-9-18(31)21(34)24(37)27(41-9)40-8-16-19(32)22(35)25(38)28(44-16)42-11-6-13(30)17-15(7-11)43-26(23(36)20(17)33)10-3-4-14(39-2)12(29)5-10/h3-7,9,16,18-19,21-22,24-25,27-32,34-38H,8H2,1-2H3/t9-,16+,18+,19+,21+,22-,24+,25+,27-,28-/m0/s1. The number of hydrogen-bond donors (Lipinski definition) is 9. The molecular formula is C28H32O16. The van der Waals surface area contributed by atoms with E-state index in [0.29, 0.717) is 0 Å². The van der Waals surface area contributed by atoms with Crippen LogP contribution in [0.3, 0.4) is 0 Å². The Morgan fingerprint density at radius 1 is 0.795 bits per heavy atom. The highest BCUT2D eigenvalue weighted by atomic mass is 16.7. The number of methoxy groups -OCH3 is 1. The maximum atomic E-state index is 12.9. The van der Waals surface area contributed by atoms with Crippen LogP contribution < -0.4 is 14.9 Å². The lowest BCUT2D eigenvalue weighted by Gasteiger charge is -2.42. The Hall–Kier alpha value is -3.71. The van der Waals surface area contributed by atoms with Gasteiger partial charge in [0.05, 0.1) is 19.8 Å². The quantitative estimate of drug-likeness (QED) is 0.147. The molecule has 0 radical (unpaired) electrons.